The van der Waals surface area contributed by atoms with Crippen LogP contribution in [0.25, 0.3) is 0 Å². The maximum Gasteiger partial charge on any atom is 0.0711 e. The van der Waals surface area contributed by atoms with Gasteiger partial charge in [0.15, 0.2) is 0 Å². The lowest BCUT2D eigenvalue weighted by Crippen LogP contribution is -2.33. The molecule has 0 nitrogen and oxygen atoms in total. The first-order chi connectivity index (χ1) is 4.63. The van der Waals surface area contributed by atoms with E-state index in [-0.39, 0.29) is 16.1 Å². The normalized spacial score (nSPS) is 47.6. The maximum atomic E-state index is 5.94. The molecule has 0 saturated heterocycles. The fourth-order valence-corrected chi connectivity index (χ4v) is 2.50. The molecule has 0 radical (unpaired) electrons. The second-order valence-corrected chi connectivity index (χ2v) is 5.11. The van der Waals surface area contributed by atoms with Gasteiger partial charge in [0, 0.05) is 3.92 Å². The minimum absolute atomic E-state index is 0.0465. The number of hydrogen-bond acceptors (Lipinski definition) is 0. The van der Waals surface area contributed by atoms with E-state index in [0.717, 1.165) is 0 Å². The second-order valence-electron chi connectivity index (χ2n) is 2.16. The number of alkyl halides is 4. The van der Waals surface area contributed by atoms with Gasteiger partial charge in [-0.2, -0.15) is 0 Å². The molecule has 0 aromatic carbocycles. The van der Waals surface area contributed by atoms with Crippen LogP contribution in [-0.2, 0) is 0 Å². The van der Waals surface area contributed by atoms with Crippen molar-refractivity contribution < 1.29 is 0 Å². The summed E-state index contributed by atoms with van der Waals surface area (Å²) in [5, 5.41) is -0.305. The summed E-state index contributed by atoms with van der Waals surface area (Å²) in [5.74, 6) is 0. The SMILES string of the molecule is Cl[C@@H]1[C@H](Cl)[C@@H](Cl)C=C[C@H]1I. The van der Waals surface area contributed by atoms with Gasteiger partial charge < -0.3 is 0 Å². The van der Waals surface area contributed by atoms with Crippen molar-refractivity contribution in [1.82, 2.24) is 0 Å². The lowest BCUT2D eigenvalue weighted by Gasteiger charge is -2.25. The molecule has 0 aromatic rings. The predicted octanol–water partition coefficient (Wildman–Crippen LogP) is 3.18. The zero-order valence-corrected chi connectivity index (χ0v) is 9.40. The van der Waals surface area contributed by atoms with Crippen LogP contribution < -0.4 is 0 Å². The largest absolute Gasteiger partial charge is 0.120 e. The van der Waals surface area contributed by atoms with Crippen LogP contribution in [-0.4, -0.2) is 20.1 Å². The van der Waals surface area contributed by atoms with Crippen LogP contribution in [0.1, 0.15) is 0 Å². The Labute approximate surface area is 89.0 Å². The standard InChI is InChI=1S/C6H6Cl3I/c7-3-1-2-4(10)6(9)5(3)8/h1-6H/t3-,4+,5+,6-/m0/s1. The van der Waals surface area contributed by atoms with Gasteiger partial charge in [0.25, 0.3) is 0 Å². The molecule has 0 spiro atoms. The monoisotopic (exact) mass is 310 g/mol. The topological polar surface area (TPSA) is 0 Å². The van der Waals surface area contributed by atoms with Crippen molar-refractivity contribution in [2.24, 2.45) is 0 Å². The summed E-state index contributed by atoms with van der Waals surface area (Å²) in [6.45, 7) is 0. The summed E-state index contributed by atoms with van der Waals surface area (Å²) in [6, 6.07) is 0. The minimum atomic E-state index is -0.143. The molecular formula is C6H6Cl3I. The lowest BCUT2D eigenvalue weighted by atomic mass is 10.1. The first-order valence-corrected chi connectivity index (χ1v) is 5.43. The Hall–Kier alpha value is 1.34. The van der Waals surface area contributed by atoms with E-state index in [1.54, 1.807) is 0 Å². The molecule has 1 rings (SSSR count). The van der Waals surface area contributed by atoms with Gasteiger partial charge in [0.2, 0.25) is 0 Å². The van der Waals surface area contributed by atoms with E-state index < -0.39 is 0 Å². The van der Waals surface area contributed by atoms with E-state index in [0.29, 0.717) is 3.92 Å². The van der Waals surface area contributed by atoms with Crippen molar-refractivity contribution in [1.29, 1.82) is 0 Å². The molecule has 0 heterocycles. The van der Waals surface area contributed by atoms with E-state index in [2.05, 4.69) is 22.6 Å². The van der Waals surface area contributed by atoms with E-state index in [9.17, 15) is 0 Å². The third-order valence-corrected chi connectivity index (χ3v) is 4.77. The van der Waals surface area contributed by atoms with Crippen LogP contribution >= 0.6 is 57.4 Å². The van der Waals surface area contributed by atoms with Gasteiger partial charge >= 0.3 is 0 Å². The molecule has 0 aliphatic heterocycles. The van der Waals surface area contributed by atoms with Gasteiger partial charge in [-0.15, -0.1) is 34.8 Å². The van der Waals surface area contributed by atoms with Crippen LogP contribution in [0.3, 0.4) is 0 Å². The fraction of sp³-hybridized carbons (Fsp3) is 0.667. The average Bonchev–Trinajstić information content (AvgIpc) is 1.93. The van der Waals surface area contributed by atoms with Gasteiger partial charge in [-0.25, -0.2) is 0 Å². The number of rotatable bonds is 0. The molecule has 10 heavy (non-hydrogen) atoms. The molecule has 0 fully saturated rings. The Morgan fingerprint density at radius 3 is 2.10 bits per heavy atom. The van der Waals surface area contributed by atoms with Gasteiger partial charge in [0.05, 0.1) is 16.1 Å². The Kier molecular flexibility index (Phi) is 3.61. The predicted molar refractivity (Wildman–Crippen MR) is 55.9 cm³/mol. The van der Waals surface area contributed by atoms with E-state index in [4.69, 9.17) is 34.8 Å². The van der Waals surface area contributed by atoms with Crippen LogP contribution in [0, 0.1) is 0 Å². The van der Waals surface area contributed by atoms with Crippen LogP contribution in [0.2, 0.25) is 0 Å². The smallest absolute Gasteiger partial charge is 0.0711 e. The Morgan fingerprint density at radius 2 is 1.60 bits per heavy atom. The van der Waals surface area contributed by atoms with Crippen LogP contribution in [0.4, 0.5) is 0 Å². The average molecular weight is 311 g/mol. The lowest BCUT2D eigenvalue weighted by molar-refractivity contribution is 0.778. The first kappa shape index (κ1) is 9.43. The third-order valence-electron chi connectivity index (χ3n) is 1.39. The number of allylic oxidation sites excluding steroid dienone is 2. The molecule has 0 unspecified atom stereocenters. The van der Waals surface area contributed by atoms with E-state index in [1.165, 1.54) is 0 Å². The summed E-state index contributed by atoms with van der Waals surface area (Å²) < 4.78 is 0.303. The van der Waals surface area contributed by atoms with Crippen LogP contribution in [0.5, 0.6) is 0 Å². The van der Waals surface area contributed by atoms with Crippen molar-refractivity contribution in [3.63, 3.8) is 0 Å². The Bertz CT molecular complexity index is 132. The highest BCUT2D eigenvalue weighted by Crippen LogP contribution is 2.30. The molecule has 0 N–H and O–H groups in total. The summed E-state index contributed by atoms with van der Waals surface area (Å²) >= 11 is 19.9. The van der Waals surface area contributed by atoms with Crippen molar-refractivity contribution >= 4 is 57.4 Å². The molecular weight excluding hydrogens is 305 g/mol. The van der Waals surface area contributed by atoms with E-state index >= 15 is 0 Å². The first-order valence-electron chi connectivity index (χ1n) is 2.87. The van der Waals surface area contributed by atoms with Gasteiger partial charge in [-0.05, 0) is 0 Å². The molecule has 0 aromatic heterocycles. The van der Waals surface area contributed by atoms with Crippen molar-refractivity contribution in [2.45, 2.75) is 20.1 Å². The quantitative estimate of drug-likeness (QED) is 0.366. The highest BCUT2D eigenvalue weighted by molar-refractivity contribution is 14.1. The van der Waals surface area contributed by atoms with E-state index in [1.807, 2.05) is 12.2 Å². The highest BCUT2D eigenvalue weighted by atomic mass is 127. The minimum Gasteiger partial charge on any atom is -0.120 e. The molecule has 0 amide bonds. The maximum absolute atomic E-state index is 5.94. The molecule has 4 heteroatoms. The Balaban J connectivity index is 2.69. The third kappa shape index (κ3) is 1.93. The van der Waals surface area contributed by atoms with Crippen molar-refractivity contribution in [3.8, 4) is 0 Å². The van der Waals surface area contributed by atoms with Crippen molar-refractivity contribution in [3.05, 3.63) is 12.2 Å². The molecule has 1 aliphatic carbocycles. The summed E-state index contributed by atoms with van der Waals surface area (Å²) in [4.78, 5) is 0. The van der Waals surface area contributed by atoms with Gasteiger partial charge in [-0.3, -0.25) is 0 Å². The number of hydrogen-bond donors (Lipinski definition) is 0. The van der Waals surface area contributed by atoms with Gasteiger partial charge in [0.1, 0.15) is 0 Å². The zero-order chi connectivity index (χ0) is 7.72. The van der Waals surface area contributed by atoms with Gasteiger partial charge in [-0.1, -0.05) is 34.7 Å². The Morgan fingerprint density at radius 1 is 1.00 bits per heavy atom. The molecule has 0 saturated carbocycles. The zero-order valence-electron chi connectivity index (χ0n) is 4.98. The van der Waals surface area contributed by atoms with Crippen molar-refractivity contribution in [2.75, 3.05) is 0 Å². The summed E-state index contributed by atoms with van der Waals surface area (Å²) in [7, 11) is 0. The summed E-state index contributed by atoms with van der Waals surface area (Å²) in [5.41, 5.74) is 0. The summed E-state index contributed by atoms with van der Waals surface area (Å²) in [6.07, 6.45) is 3.89. The molecule has 4 atom stereocenters. The molecule has 0 bridgehead atoms. The highest BCUT2D eigenvalue weighted by Gasteiger charge is 2.31. The number of halogens is 4. The fourth-order valence-electron chi connectivity index (χ4n) is 0.776. The molecule has 1 aliphatic rings. The molecule has 58 valence electrons. The van der Waals surface area contributed by atoms with Crippen LogP contribution in [0.15, 0.2) is 12.2 Å². The second kappa shape index (κ2) is 3.83.